The highest BCUT2D eigenvalue weighted by Gasteiger charge is 2.53. The molecule has 10 rings (SSSR count). The number of phenolic OH excluding ortho intramolecular Hbond substituents is 1. The fourth-order valence-corrected chi connectivity index (χ4v) is 10.4. The summed E-state index contributed by atoms with van der Waals surface area (Å²) in [5.74, 6) is 2.20. The van der Waals surface area contributed by atoms with Crippen LogP contribution in [0.2, 0.25) is 0 Å². The molecule has 7 heterocycles. The molecule has 55 heavy (non-hydrogen) atoms. The van der Waals surface area contributed by atoms with Gasteiger partial charge < -0.3 is 25.1 Å². The zero-order chi connectivity index (χ0) is 37.4. The summed E-state index contributed by atoms with van der Waals surface area (Å²) in [6.45, 7) is 10.4. The van der Waals surface area contributed by atoms with Crippen molar-refractivity contribution in [3.05, 3.63) is 59.7 Å². The highest BCUT2D eigenvalue weighted by atomic mass is 16.3. The molecule has 0 spiro atoms. The zero-order valence-corrected chi connectivity index (χ0v) is 30.9. The molecule has 2 aromatic carbocycles. The molecular weight excluding hydrogens is 699 g/mol. The second kappa shape index (κ2) is 13.6. The van der Waals surface area contributed by atoms with Gasteiger partial charge in [-0.2, -0.15) is 0 Å². The summed E-state index contributed by atoms with van der Waals surface area (Å²) in [6, 6.07) is 14.2. The standard InChI is InChI=1S/C41H47N9O5/c51-36-4-2-1-3-29(36)33-18-35-38(45-44-33)42-19-26-21-47(15-16-49(26)35)23-32-27-11-12-46(22-31(27)32)20-24-9-13-48(14-10-24)25-5-6-28-30(17-25)41(55)50(40(28)54)34-7-8-37(52)43-39(34)53/h1-6,17-18,24,26-27,31-32,34,51H,7-16,19-23H2,(H,42,45)(H,43,52,53)/t26-,27?,31?,32?,34?/m0/s1. The van der Waals surface area contributed by atoms with Gasteiger partial charge in [-0.15, -0.1) is 10.2 Å². The van der Waals surface area contributed by atoms with Gasteiger partial charge in [0, 0.05) is 76.6 Å². The highest BCUT2D eigenvalue weighted by Crippen LogP contribution is 2.52. The van der Waals surface area contributed by atoms with E-state index in [-0.39, 0.29) is 24.5 Å². The zero-order valence-electron chi connectivity index (χ0n) is 30.9. The van der Waals surface area contributed by atoms with Crippen LogP contribution in [0.25, 0.3) is 11.3 Å². The number of hydrogen-bond acceptors (Lipinski definition) is 12. The minimum Gasteiger partial charge on any atom is -0.507 e. The predicted octanol–water partition coefficient (Wildman–Crippen LogP) is 2.65. The van der Waals surface area contributed by atoms with Crippen molar-refractivity contribution in [1.29, 1.82) is 0 Å². The van der Waals surface area contributed by atoms with Gasteiger partial charge in [-0.05, 0) is 92.3 Å². The Morgan fingerprint density at radius 3 is 2.42 bits per heavy atom. The van der Waals surface area contributed by atoms with Crippen LogP contribution in [0.3, 0.4) is 0 Å². The number of amides is 4. The van der Waals surface area contributed by atoms with Crippen LogP contribution < -0.4 is 20.4 Å². The van der Waals surface area contributed by atoms with E-state index in [9.17, 15) is 24.3 Å². The number of hydrogen-bond donors (Lipinski definition) is 3. The Balaban J connectivity index is 0.700. The van der Waals surface area contributed by atoms with Gasteiger partial charge in [0.25, 0.3) is 11.8 Å². The maximum Gasteiger partial charge on any atom is 0.262 e. The minimum atomic E-state index is -0.951. The number of fused-ring (bicyclic) bond motifs is 5. The Morgan fingerprint density at radius 1 is 0.764 bits per heavy atom. The Labute approximate surface area is 319 Å². The number of carbonyl (C=O) groups excluding carboxylic acids is 4. The molecule has 5 fully saturated rings. The van der Waals surface area contributed by atoms with Gasteiger partial charge in [-0.25, -0.2) is 0 Å². The first kappa shape index (κ1) is 34.4. The third-order valence-electron chi connectivity index (χ3n) is 13.5. The van der Waals surface area contributed by atoms with Gasteiger partial charge >= 0.3 is 0 Å². The molecule has 1 aliphatic carbocycles. The van der Waals surface area contributed by atoms with E-state index in [4.69, 9.17) is 0 Å². The number of likely N-dealkylation sites (tertiary alicyclic amines) is 1. The Morgan fingerprint density at radius 2 is 1.58 bits per heavy atom. The summed E-state index contributed by atoms with van der Waals surface area (Å²) in [6.07, 6.45) is 3.73. The lowest BCUT2D eigenvalue weighted by Gasteiger charge is -2.46. The number of piperidine rings is 3. The number of benzene rings is 2. The number of nitrogens with one attached hydrogen (secondary N) is 2. The molecule has 5 atom stereocenters. The number of para-hydroxylation sites is 1. The number of aromatic hydroxyl groups is 1. The van der Waals surface area contributed by atoms with Crippen LogP contribution in [0.15, 0.2) is 48.5 Å². The van der Waals surface area contributed by atoms with Crippen molar-refractivity contribution in [2.75, 3.05) is 80.6 Å². The molecule has 286 valence electrons. The Hall–Kier alpha value is -5.08. The average Bonchev–Trinajstić information content (AvgIpc) is 3.82. The first-order valence-electron chi connectivity index (χ1n) is 20.0. The number of piperazine rings is 1. The molecule has 3 N–H and O–H groups in total. The van der Waals surface area contributed by atoms with Gasteiger partial charge in [-0.1, -0.05) is 12.1 Å². The van der Waals surface area contributed by atoms with Crippen molar-refractivity contribution in [2.24, 2.45) is 23.7 Å². The first-order chi connectivity index (χ1) is 26.8. The molecule has 14 nitrogen and oxygen atoms in total. The molecule has 4 unspecified atom stereocenters. The Kier molecular flexibility index (Phi) is 8.50. The fourth-order valence-electron chi connectivity index (χ4n) is 10.4. The molecule has 7 aliphatic rings. The molecule has 14 heteroatoms. The quantitative estimate of drug-likeness (QED) is 0.305. The van der Waals surface area contributed by atoms with E-state index in [0.717, 1.165) is 98.5 Å². The maximum absolute atomic E-state index is 13.4. The largest absolute Gasteiger partial charge is 0.507 e. The summed E-state index contributed by atoms with van der Waals surface area (Å²) in [5, 5.41) is 25.1. The average molecular weight is 746 g/mol. The summed E-state index contributed by atoms with van der Waals surface area (Å²) >= 11 is 0. The summed E-state index contributed by atoms with van der Waals surface area (Å²) < 4.78 is 0. The Bertz CT molecular complexity index is 2070. The molecular formula is C41H47N9O5. The summed E-state index contributed by atoms with van der Waals surface area (Å²) in [7, 11) is 0. The number of imide groups is 2. The fraction of sp³-hybridized carbons (Fsp3) is 0.512. The maximum atomic E-state index is 13.4. The van der Waals surface area contributed by atoms with Gasteiger partial charge in [0.2, 0.25) is 11.8 Å². The predicted molar refractivity (Wildman–Crippen MR) is 205 cm³/mol. The smallest absolute Gasteiger partial charge is 0.262 e. The van der Waals surface area contributed by atoms with Gasteiger partial charge in [0.1, 0.15) is 11.8 Å². The third-order valence-corrected chi connectivity index (χ3v) is 13.5. The van der Waals surface area contributed by atoms with E-state index in [1.807, 2.05) is 30.3 Å². The molecule has 1 saturated carbocycles. The van der Waals surface area contributed by atoms with E-state index >= 15 is 0 Å². The molecule has 4 amide bonds. The topological polar surface area (TPSA) is 155 Å². The van der Waals surface area contributed by atoms with Crippen LogP contribution in [0.4, 0.5) is 17.2 Å². The lowest BCUT2D eigenvalue weighted by molar-refractivity contribution is -0.136. The van der Waals surface area contributed by atoms with Crippen LogP contribution in [0, 0.1) is 23.7 Å². The highest BCUT2D eigenvalue weighted by molar-refractivity contribution is 6.23. The van der Waals surface area contributed by atoms with Crippen LogP contribution >= 0.6 is 0 Å². The van der Waals surface area contributed by atoms with Crippen molar-refractivity contribution >= 4 is 40.8 Å². The molecule has 0 bridgehead atoms. The van der Waals surface area contributed by atoms with Crippen molar-refractivity contribution in [1.82, 2.24) is 30.2 Å². The molecule has 3 aromatic rings. The molecule has 1 aromatic heterocycles. The first-order valence-corrected chi connectivity index (χ1v) is 20.0. The van der Waals surface area contributed by atoms with Crippen molar-refractivity contribution in [3.63, 3.8) is 0 Å². The second-order valence-corrected chi connectivity index (χ2v) is 16.6. The van der Waals surface area contributed by atoms with Crippen molar-refractivity contribution < 1.29 is 24.3 Å². The van der Waals surface area contributed by atoms with E-state index < -0.39 is 23.8 Å². The van der Waals surface area contributed by atoms with Gasteiger partial charge in [-0.3, -0.25) is 34.3 Å². The van der Waals surface area contributed by atoms with Crippen LogP contribution in [-0.2, 0) is 9.59 Å². The van der Waals surface area contributed by atoms with Crippen molar-refractivity contribution in [2.45, 2.75) is 44.2 Å². The normalized spacial score (nSPS) is 28.3. The molecule has 0 radical (unpaired) electrons. The van der Waals surface area contributed by atoms with Crippen LogP contribution in [0.1, 0.15) is 52.8 Å². The van der Waals surface area contributed by atoms with Crippen LogP contribution in [0.5, 0.6) is 5.75 Å². The number of carbonyl (C=O) groups is 4. The number of anilines is 3. The monoisotopic (exact) mass is 745 g/mol. The van der Waals surface area contributed by atoms with Gasteiger partial charge in [0.15, 0.2) is 5.82 Å². The summed E-state index contributed by atoms with van der Waals surface area (Å²) in [4.78, 5) is 61.8. The number of nitrogens with zero attached hydrogens (tertiary/aromatic N) is 7. The SMILES string of the molecule is O=C1CCC(N2C(=O)c3ccc(N4CCC(CN5CCC6C(C5)C6CN5CCN6c7cc(-c8ccccc8O)nnc7NC[C@H]6C5)CC4)cc3C2=O)C(=O)N1. The third kappa shape index (κ3) is 6.19. The lowest BCUT2D eigenvalue weighted by atomic mass is 9.94. The lowest BCUT2D eigenvalue weighted by Crippen LogP contribution is -2.58. The molecule has 6 aliphatic heterocycles. The molecule has 4 saturated heterocycles. The van der Waals surface area contributed by atoms with Gasteiger partial charge in [0.05, 0.1) is 28.6 Å². The minimum absolute atomic E-state index is 0.109. The number of aromatic nitrogens is 2. The van der Waals surface area contributed by atoms with E-state index in [1.54, 1.807) is 12.1 Å². The second-order valence-electron chi connectivity index (χ2n) is 16.6. The van der Waals surface area contributed by atoms with Crippen LogP contribution in [-0.4, -0.2) is 131 Å². The van der Waals surface area contributed by atoms with E-state index in [2.05, 4.69) is 46.5 Å². The summed E-state index contributed by atoms with van der Waals surface area (Å²) in [5.41, 5.74) is 4.06. The number of rotatable bonds is 7. The van der Waals surface area contributed by atoms with Crippen molar-refractivity contribution in [3.8, 4) is 17.0 Å². The van der Waals surface area contributed by atoms with E-state index in [0.29, 0.717) is 34.3 Å². The van der Waals surface area contributed by atoms with E-state index in [1.165, 1.54) is 26.1 Å². The number of phenols is 1.